The van der Waals surface area contributed by atoms with Crippen molar-refractivity contribution in [2.24, 2.45) is 0 Å². The first-order chi connectivity index (χ1) is 8.16. The van der Waals surface area contributed by atoms with Crippen LogP contribution in [0.25, 0.3) is 0 Å². The van der Waals surface area contributed by atoms with Crippen LogP contribution in [0.5, 0.6) is 0 Å². The van der Waals surface area contributed by atoms with Gasteiger partial charge in [0.15, 0.2) is 0 Å². The SMILES string of the molecule is CC(Nc1ccccc1F)c1ccc(Br)cc1. The minimum absolute atomic E-state index is 0.0694. The molecule has 0 spiro atoms. The molecule has 0 radical (unpaired) electrons. The summed E-state index contributed by atoms with van der Waals surface area (Å²) in [6.07, 6.45) is 0. The van der Waals surface area contributed by atoms with E-state index in [1.807, 2.05) is 37.3 Å². The number of anilines is 1. The highest BCUT2D eigenvalue weighted by Crippen LogP contribution is 2.22. The molecule has 0 fully saturated rings. The van der Waals surface area contributed by atoms with Crippen molar-refractivity contribution in [2.45, 2.75) is 13.0 Å². The lowest BCUT2D eigenvalue weighted by Gasteiger charge is -2.16. The number of hydrogen-bond acceptors (Lipinski definition) is 1. The van der Waals surface area contributed by atoms with Crippen molar-refractivity contribution in [1.29, 1.82) is 0 Å². The molecule has 0 heterocycles. The average molecular weight is 294 g/mol. The Bertz CT molecular complexity index is 496. The highest BCUT2D eigenvalue weighted by Gasteiger charge is 2.07. The predicted molar refractivity (Wildman–Crippen MR) is 72.6 cm³/mol. The van der Waals surface area contributed by atoms with Gasteiger partial charge in [-0.1, -0.05) is 40.2 Å². The molecule has 2 rings (SSSR count). The fraction of sp³-hybridized carbons (Fsp3) is 0.143. The Morgan fingerprint density at radius 2 is 1.71 bits per heavy atom. The largest absolute Gasteiger partial charge is 0.376 e. The highest BCUT2D eigenvalue weighted by molar-refractivity contribution is 9.10. The predicted octanol–water partition coefficient (Wildman–Crippen LogP) is 4.76. The van der Waals surface area contributed by atoms with E-state index in [1.165, 1.54) is 6.07 Å². The Hall–Kier alpha value is -1.35. The van der Waals surface area contributed by atoms with E-state index in [2.05, 4.69) is 21.2 Å². The van der Waals surface area contributed by atoms with Crippen molar-refractivity contribution in [3.05, 3.63) is 64.4 Å². The molecule has 1 unspecified atom stereocenters. The molecule has 0 aliphatic heterocycles. The van der Waals surface area contributed by atoms with Gasteiger partial charge in [0.1, 0.15) is 5.82 Å². The maximum atomic E-state index is 13.5. The normalized spacial score (nSPS) is 12.2. The van der Waals surface area contributed by atoms with Crippen molar-refractivity contribution >= 4 is 21.6 Å². The van der Waals surface area contributed by atoms with Crippen LogP contribution >= 0.6 is 15.9 Å². The van der Waals surface area contributed by atoms with Crippen LogP contribution in [0.1, 0.15) is 18.5 Å². The second-order valence-electron chi connectivity index (χ2n) is 3.90. The molecule has 0 aliphatic rings. The Morgan fingerprint density at radius 3 is 2.35 bits per heavy atom. The first kappa shape index (κ1) is 12.1. The molecule has 1 nitrogen and oxygen atoms in total. The summed E-state index contributed by atoms with van der Waals surface area (Å²) in [5.41, 5.74) is 1.65. The molecular formula is C14H13BrFN. The van der Waals surface area contributed by atoms with Crippen LogP contribution in [0.4, 0.5) is 10.1 Å². The fourth-order valence-corrected chi connectivity index (χ4v) is 1.91. The van der Waals surface area contributed by atoms with E-state index >= 15 is 0 Å². The maximum Gasteiger partial charge on any atom is 0.146 e. The molecule has 0 bridgehead atoms. The summed E-state index contributed by atoms with van der Waals surface area (Å²) in [6, 6.07) is 14.8. The lowest BCUT2D eigenvalue weighted by Crippen LogP contribution is -2.07. The summed E-state index contributed by atoms with van der Waals surface area (Å²) in [5.74, 6) is -0.225. The first-order valence-electron chi connectivity index (χ1n) is 5.43. The molecule has 2 aromatic rings. The Morgan fingerprint density at radius 1 is 1.06 bits per heavy atom. The molecule has 17 heavy (non-hydrogen) atoms. The van der Waals surface area contributed by atoms with Gasteiger partial charge in [-0.15, -0.1) is 0 Å². The third kappa shape index (κ3) is 3.07. The summed E-state index contributed by atoms with van der Waals surface area (Å²) in [6.45, 7) is 2.01. The molecule has 1 N–H and O–H groups in total. The van der Waals surface area contributed by atoms with Crippen LogP contribution in [0, 0.1) is 5.82 Å². The molecule has 0 aromatic heterocycles. The van der Waals surface area contributed by atoms with Crippen molar-refractivity contribution in [2.75, 3.05) is 5.32 Å². The smallest absolute Gasteiger partial charge is 0.146 e. The van der Waals surface area contributed by atoms with Crippen LogP contribution in [0.15, 0.2) is 53.0 Å². The zero-order valence-corrected chi connectivity index (χ0v) is 11.0. The van der Waals surface area contributed by atoms with Crippen molar-refractivity contribution in [3.63, 3.8) is 0 Å². The van der Waals surface area contributed by atoms with Crippen LogP contribution < -0.4 is 5.32 Å². The van der Waals surface area contributed by atoms with E-state index in [9.17, 15) is 4.39 Å². The van der Waals surface area contributed by atoms with E-state index < -0.39 is 0 Å². The summed E-state index contributed by atoms with van der Waals surface area (Å²) >= 11 is 3.39. The van der Waals surface area contributed by atoms with Gasteiger partial charge in [0.05, 0.1) is 5.69 Å². The number of para-hydroxylation sites is 1. The fourth-order valence-electron chi connectivity index (χ4n) is 1.65. The summed E-state index contributed by atoms with van der Waals surface area (Å²) < 4.78 is 14.5. The minimum Gasteiger partial charge on any atom is -0.376 e. The van der Waals surface area contributed by atoms with Crippen molar-refractivity contribution in [3.8, 4) is 0 Å². The van der Waals surface area contributed by atoms with Gasteiger partial charge >= 0.3 is 0 Å². The lowest BCUT2D eigenvalue weighted by molar-refractivity contribution is 0.627. The molecule has 2 aromatic carbocycles. The molecular weight excluding hydrogens is 281 g/mol. The summed E-state index contributed by atoms with van der Waals surface area (Å²) in [5, 5.41) is 3.16. The second kappa shape index (κ2) is 5.32. The third-order valence-corrected chi connectivity index (χ3v) is 3.14. The van der Waals surface area contributed by atoms with Crippen LogP contribution in [-0.2, 0) is 0 Å². The van der Waals surface area contributed by atoms with Gasteiger partial charge in [-0.05, 0) is 36.8 Å². The second-order valence-corrected chi connectivity index (χ2v) is 4.81. The summed E-state index contributed by atoms with van der Waals surface area (Å²) in [7, 11) is 0. The van der Waals surface area contributed by atoms with Crippen LogP contribution in [0.3, 0.4) is 0 Å². The van der Waals surface area contributed by atoms with Gasteiger partial charge in [-0.2, -0.15) is 0 Å². The maximum absolute atomic E-state index is 13.5. The molecule has 0 amide bonds. The Kier molecular flexibility index (Phi) is 3.79. The van der Waals surface area contributed by atoms with E-state index in [0.29, 0.717) is 5.69 Å². The minimum atomic E-state index is -0.225. The van der Waals surface area contributed by atoms with Gasteiger partial charge in [-0.25, -0.2) is 4.39 Å². The number of halogens is 2. The van der Waals surface area contributed by atoms with Crippen molar-refractivity contribution < 1.29 is 4.39 Å². The van der Waals surface area contributed by atoms with Gasteiger partial charge in [0.2, 0.25) is 0 Å². The Balaban J connectivity index is 2.14. The van der Waals surface area contributed by atoms with Gasteiger partial charge < -0.3 is 5.32 Å². The number of benzene rings is 2. The molecule has 3 heteroatoms. The zero-order valence-electron chi connectivity index (χ0n) is 9.45. The quantitative estimate of drug-likeness (QED) is 0.860. The molecule has 0 aliphatic carbocycles. The van der Waals surface area contributed by atoms with E-state index in [0.717, 1.165) is 10.0 Å². The van der Waals surface area contributed by atoms with E-state index in [4.69, 9.17) is 0 Å². The third-order valence-electron chi connectivity index (χ3n) is 2.62. The van der Waals surface area contributed by atoms with Gasteiger partial charge in [0.25, 0.3) is 0 Å². The molecule has 0 saturated carbocycles. The monoisotopic (exact) mass is 293 g/mol. The standard InChI is InChI=1S/C14H13BrFN/c1-10(11-6-8-12(15)9-7-11)17-14-5-3-2-4-13(14)16/h2-10,17H,1H3. The van der Waals surface area contributed by atoms with E-state index in [-0.39, 0.29) is 11.9 Å². The molecule has 88 valence electrons. The van der Waals surface area contributed by atoms with Crippen molar-refractivity contribution in [1.82, 2.24) is 0 Å². The average Bonchev–Trinajstić information content (AvgIpc) is 2.33. The highest BCUT2D eigenvalue weighted by atomic mass is 79.9. The lowest BCUT2D eigenvalue weighted by atomic mass is 10.1. The molecule has 1 atom stereocenters. The molecule has 0 saturated heterocycles. The number of hydrogen-bond donors (Lipinski definition) is 1. The van der Waals surface area contributed by atoms with Crippen LogP contribution in [0.2, 0.25) is 0 Å². The zero-order chi connectivity index (χ0) is 12.3. The first-order valence-corrected chi connectivity index (χ1v) is 6.22. The van der Waals surface area contributed by atoms with E-state index in [1.54, 1.807) is 12.1 Å². The topological polar surface area (TPSA) is 12.0 Å². The van der Waals surface area contributed by atoms with Crippen LogP contribution in [-0.4, -0.2) is 0 Å². The number of rotatable bonds is 3. The summed E-state index contributed by atoms with van der Waals surface area (Å²) in [4.78, 5) is 0. The Labute approximate surface area is 109 Å². The number of nitrogens with one attached hydrogen (secondary N) is 1. The van der Waals surface area contributed by atoms with Gasteiger partial charge in [0, 0.05) is 10.5 Å². The van der Waals surface area contributed by atoms with Gasteiger partial charge in [-0.3, -0.25) is 0 Å².